The molecule has 8 heteroatoms. The van der Waals surface area contributed by atoms with Crippen LogP contribution in [0, 0.1) is 0 Å². The second kappa shape index (κ2) is 8.81. The van der Waals surface area contributed by atoms with Gasteiger partial charge in [0.15, 0.2) is 17.3 Å². The van der Waals surface area contributed by atoms with Crippen molar-refractivity contribution in [3.8, 4) is 11.5 Å². The van der Waals surface area contributed by atoms with E-state index in [0.29, 0.717) is 23.6 Å². The molecule has 0 amide bonds. The minimum Gasteiger partial charge on any atom is -0.493 e. The number of hydrogen-bond acceptors (Lipinski definition) is 6. The number of carbonyl (C=O) groups excluding carboxylic acids is 1. The number of aromatic nitrogens is 3. The highest BCUT2D eigenvalue weighted by Crippen LogP contribution is 2.28. The van der Waals surface area contributed by atoms with Crippen LogP contribution in [-0.2, 0) is 17.6 Å². The second-order valence-electron chi connectivity index (χ2n) is 5.90. The van der Waals surface area contributed by atoms with Gasteiger partial charge in [-0.1, -0.05) is 37.3 Å². The molecule has 2 aromatic carbocycles. The highest BCUT2D eigenvalue weighted by molar-refractivity contribution is 5.82. The number of H-pyrrole nitrogens is 1. The van der Waals surface area contributed by atoms with Crippen molar-refractivity contribution in [2.24, 2.45) is 5.10 Å². The zero-order chi connectivity index (χ0) is 19.9. The minimum atomic E-state index is -0.420. The van der Waals surface area contributed by atoms with Crippen LogP contribution in [0.3, 0.4) is 0 Å². The Kier molecular flexibility index (Phi) is 6.01. The van der Waals surface area contributed by atoms with E-state index in [4.69, 9.17) is 9.47 Å². The van der Waals surface area contributed by atoms with Crippen LogP contribution in [0.5, 0.6) is 11.5 Å². The highest BCUT2D eigenvalue weighted by Gasteiger charge is 2.12. The quantitative estimate of drug-likeness (QED) is 0.385. The first kappa shape index (κ1) is 19.1. The Bertz CT molecular complexity index is 1040. The van der Waals surface area contributed by atoms with E-state index in [2.05, 4.69) is 15.3 Å². The Labute approximate surface area is 161 Å². The Morgan fingerprint density at radius 3 is 2.71 bits per heavy atom. The largest absolute Gasteiger partial charge is 0.493 e. The second-order valence-corrected chi connectivity index (χ2v) is 5.90. The fraction of sp³-hybridized carbons (Fsp3) is 0.200. The molecule has 3 rings (SSSR count). The zero-order valence-electron chi connectivity index (χ0n) is 15.6. The zero-order valence-corrected chi connectivity index (χ0v) is 15.6. The molecule has 0 aliphatic heterocycles. The predicted octanol–water partition coefficient (Wildman–Crippen LogP) is 2.17. The third-order valence-corrected chi connectivity index (χ3v) is 3.96. The van der Waals surface area contributed by atoms with E-state index in [1.54, 1.807) is 18.2 Å². The number of hydrogen-bond donors (Lipinski definition) is 1. The van der Waals surface area contributed by atoms with E-state index in [1.165, 1.54) is 18.0 Å². The molecule has 28 heavy (non-hydrogen) atoms. The van der Waals surface area contributed by atoms with E-state index in [9.17, 15) is 9.59 Å². The first-order chi connectivity index (χ1) is 13.6. The molecule has 0 radical (unpaired) electrons. The molecular weight excluding hydrogens is 360 g/mol. The van der Waals surface area contributed by atoms with Crippen molar-refractivity contribution in [3.63, 3.8) is 0 Å². The third kappa shape index (κ3) is 4.53. The fourth-order valence-corrected chi connectivity index (χ4v) is 2.57. The molecule has 0 saturated heterocycles. The summed E-state index contributed by atoms with van der Waals surface area (Å²) in [6, 6.07) is 14.4. The molecule has 0 bridgehead atoms. The number of methoxy groups -OCH3 is 1. The van der Waals surface area contributed by atoms with E-state index in [0.717, 1.165) is 5.56 Å². The van der Waals surface area contributed by atoms with Crippen molar-refractivity contribution in [1.82, 2.24) is 14.9 Å². The Hall–Kier alpha value is -3.68. The van der Waals surface area contributed by atoms with Crippen molar-refractivity contribution in [1.29, 1.82) is 0 Å². The number of ether oxygens (including phenoxy) is 2. The van der Waals surface area contributed by atoms with Crippen LogP contribution >= 0.6 is 0 Å². The number of aromatic amines is 1. The third-order valence-electron chi connectivity index (χ3n) is 3.96. The van der Waals surface area contributed by atoms with E-state index >= 15 is 0 Å². The summed E-state index contributed by atoms with van der Waals surface area (Å²) in [5, 5.41) is 10.4. The van der Waals surface area contributed by atoms with Gasteiger partial charge in [0.05, 0.1) is 19.7 Å². The molecule has 144 valence electrons. The van der Waals surface area contributed by atoms with Crippen LogP contribution < -0.4 is 15.2 Å². The summed E-state index contributed by atoms with van der Waals surface area (Å²) in [5.74, 6) is 0.818. The maximum Gasteiger partial charge on any atom is 0.364 e. The summed E-state index contributed by atoms with van der Waals surface area (Å²) in [4.78, 5) is 24.0. The summed E-state index contributed by atoms with van der Waals surface area (Å²) in [7, 11) is 1.50. The number of aryl methyl sites for hydroxylation is 1. The lowest BCUT2D eigenvalue weighted by Crippen LogP contribution is -2.14. The molecule has 0 aliphatic carbocycles. The average molecular weight is 380 g/mol. The molecule has 1 N–H and O–H groups in total. The van der Waals surface area contributed by atoms with Gasteiger partial charge in [-0.25, -0.2) is 9.89 Å². The summed E-state index contributed by atoms with van der Waals surface area (Å²) in [5.41, 5.74) is 1.07. The van der Waals surface area contributed by atoms with Crippen molar-refractivity contribution < 1.29 is 14.3 Å². The topological polar surface area (TPSA) is 98.6 Å². The smallest absolute Gasteiger partial charge is 0.364 e. The maximum atomic E-state index is 12.3. The SMILES string of the molecule is CCc1n[nH]c(=O)n1/N=C/c1ccc(OC)c(OC(=O)Cc2ccccc2)c1. The van der Waals surface area contributed by atoms with Crippen LogP contribution in [0.25, 0.3) is 0 Å². The van der Waals surface area contributed by atoms with Gasteiger partial charge in [-0.2, -0.15) is 14.9 Å². The van der Waals surface area contributed by atoms with Gasteiger partial charge in [0, 0.05) is 6.42 Å². The lowest BCUT2D eigenvalue weighted by atomic mass is 10.1. The van der Waals surface area contributed by atoms with Crippen LogP contribution in [0.2, 0.25) is 0 Å². The Morgan fingerprint density at radius 2 is 2.00 bits per heavy atom. The van der Waals surface area contributed by atoms with E-state index in [-0.39, 0.29) is 12.2 Å². The van der Waals surface area contributed by atoms with Crippen molar-refractivity contribution in [2.45, 2.75) is 19.8 Å². The average Bonchev–Trinajstić information content (AvgIpc) is 3.07. The van der Waals surface area contributed by atoms with Gasteiger partial charge in [-0.05, 0) is 29.3 Å². The van der Waals surface area contributed by atoms with Crippen LogP contribution in [-0.4, -0.2) is 34.2 Å². The number of rotatable bonds is 7. The number of nitrogens with one attached hydrogen (secondary N) is 1. The Balaban J connectivity index is 1.80. The number of benzene rings is 2. The van der Waals surface area contributed by atoms with Gasteiger partial charge < -0.3 is 9.47 Å². The van der Waals surface area contributed by atoms with Gasteiger partial charge in [0.1, 0.15) is 0 Å². The predicted molar refractivity (Wildman–Crippen MR) is 104 cm³/mol. The number of carbonyl (C=O) groups is 1. The molecule has 0 atom stereocenters. The Morgan fingerprint density at radius 1 is 1.21 bits per heavy atom. The number of esters is 1. The highest BCUT2D eigenvalue weighted by atomic mass is 16.6. The monoisotopic (exact) mass is 380 g/mol. The molecule has 0 aliphatic rings. The molecule has 0 unspecified atom stereocenters. The van der Waals surface area contributed by atoms with Crippen molar-refractivity contribution in [2.75, 3.05) is 7.11 Å². The van der Waals surface area contributed by atoms with Crippen LogP contribution in [0.15, 0.2) is 58.4 Å². The molecule has 0 spiro atoms. The molecule has 3 aromatic rings. The van der Waals surface area contributed by atoms with Gasteiger partial charge in [0.25, 0.3) is 0 Å². The molecular formula is C20H20N4O4. The summed E-state index contributed by atoms with van der Waals surface area (Å²) in [6.45, 7) is 1.87. The number of nitrogens with zero attached hydrogens (tertiary/aromatic N) is 3. The minimum absolute atomic E-state index is 0.145. The molecule has 8 nitrogen and oxygen atoms in total. The standard InChI is InChI=1S/C20H20N4O4/c1-3-18-22-23-20(26)24(18)21-13-15-9-10-16(27-2)17(11-15)28-19(25)12-14-7-5-4-6-8-14/h4-11,13H,3,12H2,1-2H3,(H,23,26)/b21-13+. The summed E-state index contributed by atoms with van der Waals surface area (Å²) < 4.78 is 11.9. The van der Waals surface area contributed by atoms with Gasteiger partial charge in [-0.15, -0.1) is 0 Å². The van der Waals surface area contributed by atoms with E-state index in [1.807, 2.05) is 37.3 Å². The normalized spacial score (nSPS) is 10.9. The van der Waals surface area contributed by atoms with Crippen LogP contribution in [0.1, 0.15) is 23.9 Å². The van der Waals surface area contributed by atoms with Gasteiger partial charge >= 0.3 is 11.7 Å². The molecule has 0 fully saturated rings. The van der Waals surface area contributed by atoms with Crippen molar-refractivity contribution >= 4 is 12.2 Å². The fourth-order valence-electron chi connectivity index (χ4n) is 2.57. The molecule has 0 saturated carbocycles. The van der Waals surface area contributed by atoms with Crippen molar-refractivity contribution in [3.05, 3.63) is 76.0 Å². The van der Waals surface area contributed by atoms with Gasteiger partial charge in [0.2, 0.25) is 0 Å². The summed E-state index contributed by atoms with van der Waals surface area (Å²) in [6.07, 6.45) is 2.19. The van der Waals surface area contributed by atoms with Crippen LogP contribution in [0.4, 0.5) is 0 Å². The lowest BCUT2D eigenvalue weighted by Gasteiger charge is -2.10. The molecule has 1 heterocycles. The molecule has 1 aromatic heterocycles. The lowest BCUT2D eigenvalue weighted by molar-refractivity contribution is -0.133. The first-order valence-electron chi connectivity index (χ1n) is 8.74. The van der Waals surface area contributed by atoms with E-state index < -0.39 is 11.7 Å². The van der Waals surface area contributed by atoms with Gasteiger partial charge in [-0.3, -0.25) is 4.79 Å². The summed E-state index contributed by atoms with van der Waals surface area (Å²) >= 11 is 0. The maximum absolute atomic E-state index is 12.3. The first-order valence-corrected chi connectivity index (χ1v) is 8.74.